The number of alkyl halides is 2. The van der Waals surface area contributed by atoms with Crippen LogP contribution >= 0.6 is 11.6 Å². The second-order valence-corrected chi connectivity index (χ2v) is 5.08. The molecule has 0 spiro atoms. The van der Waals surface area contributed by atoms with Gasteiger partial charge in [-0.25, -0.2) is 18.7 Å². The number of rotatable bonds is 4. The van der Waals surface area contributed by atoms with Gasteiger partial charge in [-0.1, -0.05) is 22.8 Å². The number of hydrogen-bond donors (Lipinski definition) is 0. The van der Waals surface area contributed by atoms with E-state index in [9.17, 15) is 8.78 Å². The van der Waals surface area contributed by atoms with Gasteiger partial charge in [0.1, 0.15) is 11.4 Å². The molecule has 118 valence electrons. The Hall–Kier alpha value is -2.54. The van der Waals surface area contributed by atoms with Gasteiger partial charge in [-0.15, -0.1) is 0 Å². The lowest BCUT2D eigenvalue weighted by molar-refractivity contribution is 0.140. The summed E-state index contributed by atoms with van der Waals surface area (Å²) in [6.45, 7) is 1.84. The molecule has 3 aromatic rings. The van der Waals surface area contributed by atoms with Gasteiger partial charge < -0.3 is 9.26 Å². The molecule has 0 aliphatic rings. The molecular formula is C15H10ClF2N3O2. The molecule has 0 saturated carbocycles. The number of aromatic nitrogens is 3. The molecule has 2 aromatic heterocycles. The first-order chi connectivity index (χ1) is 11.0. The van der Waals surface area contributed by atoms with E-state index in [0.717, 1.165) is 11.6 Å². The molecule has 2 heterocycles. The minimum Gasteiger partial charge on any atom is -0.423 e. The number of benzene rings is 1. The Kier molecular flexibility index (Phi) is 4.20. The summed E-state index contributed by atoms with van der Waals surface area (Å²) in [5, 5.41) is 3.59. The van der Waals surface area contributed by atoms with E-state index in [1.165, 1.54) is 0 Å². The molecule has 0 fully saturated rings. The Labute approximate surface area is 134 Å². The fourth-order valence-electron chi connectivity index (χ4n) is 1.87. The normalized spacial score (nSPS) is 11.0. The van der Waals surface area contributed by atoms with Gasteiger partial charge >= 0.3 is 6.01 Å². The summed E-state index contributed by atoms with van der Waals surface area (Å²) in [5.41, 5.74) is 0.704. The summed E-state index contributed by atoms with van der Waals surface area (Å²) < 4.78 is 35.9. The van der Waals surface area contributed by atoms with E-state index in [0.29, 0.717) is 5.56 Å². The number of nitrogens with zero attached hydrogens (tertiary/aromatic N) is 3. The fraction of sp³-hybridized carbons (Fsp3) is 0.133. The number of hydrogen-bond acceptors (Lipinski definition) is 5. The van der Waals surface area contributed by atoms with E-state index in [4.69, 9.17) is 20.9 Å². The Balaban J connectivity index is 2.00. The maximum absolute atomic E-state index is 12.7. The second kappa shape index (κ2) is 6.29. The highest BCUT2D eigenvalue weighted by Crippen LogP contribution is 2.39. The summed E-state index contributed by atoms with van der Waals surface area (Å²) >= 11 is 6.15. The highest BCUT2D eigenvalue weighted by molar-refractivity contribution is 6.33. The first-order valence-electron chi connectivity index (χ1n) is 6.54. The van der Waals surface area contributed by atoms with Crippen LogP contribution in [0.1, 0.15) is 17.7 Å². The van der Waals surface area contributed by atoms with E-state index in [1.807, 2.05) is 6.92 Å². The molecule has 0 saturated heterocycles. The smallest absolute Gasteiger partial charge is 0.321 e. The molecule has 0 unspecified atom stereocenters. The lowest BCUT2D eigenvalue weighted by Gasteiger charge is -2.09. The van der Waals surface area contributed by atoms with Crippen molar-refractivity contribution in [3.63, 3.8) is 0 Å². The summed E-state index contributed by atoms with van der Waals surface area (Å²) in [7, 11) is 0. The van der Waals surface area contributed by atoms with Gasteiger partial charge in [0.15, 0.2) is 5.76 Å². The zero-order chi connectivity index (χ0) is 16.4. The van der Waals surface area contributed by atoms with Crippen LogP contribution in [0.3, 0.4) is 0 Å². The van der Waals surface area contributed by atoms with E-state index >= 15 is 0 Å². The minimum absolute atomic E-state index is 0.0769. The van der Waals surface area contributed by atoms with Crippen molar-refractivity contribution in [1.29, 1.82) is 0 Å². The number of ether oxygens (including phenoxy) is 1. The maximum atomic E-state index is 12.7. The predicted octanol–water partition coefficient (Wildman–Crippen LogP) is 4.82. The van der Waals surface area contributed by atoms with Crippen molar-refractivity contribution in [3.8, 4) is 23.1 Å². The van der Waals surface area contributed by atoms with E-state index in [-0.39, 0.29) is 22.5 Å². The van der Waals surface area contributed by atoms with Gasteiger partial charge in [-0.05, 0) is 24.6 Å². The molecule has 3 rings (SSSR count). The third kappa shape index (κ3) is 3.29. The van der Waals surface area contributed by atoms with Gasteiger partial charge in [0.25, 0.3) is 6.43 Å². The quantitative estimate of drug-likeness (QED) is 0.682. The molecule has 23 heavy (non-hydrogen) atoms. The van der Waals surface area contributed by atoms with Crippen molar-refractivity contribution in [2.45, 2.75) is 13.3 Å². The van der Waals surface area contributed by atoms with Gasteiger partial charge in [-0.3, -0.25) is 0 Å². The first-order valence-corrected chi connectivity index (χ1v) is 6.92. The number of aryl methyl sites for hydroxylation is 1. The average Bonchev–Trinajstić information content (AvgIpc) is 2.99. The molecule has 1 aromatic carbocycles. The van der Waals surface area contributed by atoms with Crippen LogP contribution in [0.2, 0.25) is 5.02 Å². The highest BCUT2D eigenvalue weighted by Gasteiger charge is 2.20. The first kappa shape index (κ1) is 15.4. The molecule has 0 atom stereocenters. The molecule has 0 amide bonds. The van der Waals surface area contributed by atoms with Gasteiger partial charge in [-0.2, -0.15) is 0 Å². The molecular weight excluding hydrogens is 328 g/mol. The molecule has 0 aliphatic heterocycles. The van der Waals surface area contributed by atoms with Crippen LogP contribution in [0.25, 0.3) is 11.3 Å². The van der Waals surface area contributed by atoms with Crippen molar-refractivity contribution in [2.24, 2.45) is 0 Å². The van der Waals surface area contributed by atoms with E-state index in [2.05, 4.69) is 15.1 Å². The summed E-state index contributed by atoms with van der Waals surface area (Å²) in [6.07, 6.45) is 0.450. The number of halogens is 3. The Morgan fingerprint density at radius 2 is 1.96 bits per heavy atom. The summed E-state index contributed by atoms with van der Waals surface area (Å²) in [5.74, 6) is 0.353. The standard InChI is InChI=1S/C15H10ClF2N3O2/c1-8-6-19-15(20-7-8)22-11-4-2-3-9(16)13(11)12-5-10(14(17)18)21-23-12/h2-7,14H,1H3. The van der Waals surface area contributed by atoms with E-state index < -0.39 is 12.1 Å². The SMILES string of the molecule is Cc1cnc(Oc2cccc(Cl)c2-c2cc(C(F)F)no2)nc1. The van der Waals surface area contributed by atoms with Gasteiger partial charge in [0.05, 0.1) is 10.6 Å². The van der Waals surface area contributed by atoms with Crippen molar-refractivity contribution < 1.29 is 18.0 Å². The van der Waals surface area contributed by atoms with Crippen molar-refractivity contribution in [2.75, 3.05) is 0 Å². The van der Waals surface area contributed by atoms with Crippen LogP contribution in [0.5, 0.6) is 11.8 Å². The Morgan fingerprint density at radius 3 is 2.61 bits per heavy atom. The third-order valence-electron chi connectivity index (χ3n) is 2.93. The van der Waals surface area contributed by atoms with Crippen LogP contribution in [-0.2, 0) is 0 Å². The van der Waals surface area contributed by atoms with Gasteiger partial charge in [0.2, 0.25) is 0 Å². The minimum atomic E-state index is -2.74. The average molecular weight is 338 g/mol. The lowest BCUT2D eigenvalue weighted by atomic mass is 10.1. The van der Waals surface area contributed by atoms with E-state index in [1.54, 1.807) is 30.6 Å². The monoisotopic (exact) mass is 337 g/mol. The Bertz CT molecular complexity index is 822. The van der Waals surface area contributed by atoms with Gasteiger partial charge in [0, 0.05) is 18.5 Å². The molecule has 8 heteroatoms. The summed E-state index contributed by atoms with van der Waals surface area (Å²) in [6, 6.07) is 6.07. The predicted molar refractivity (Wildman–Crippen MR) is 78.7 cm³/mol. The van der Waals surface area contributed by atoms with Crippen LogP contribution in [0.15, 0.2) is 41.2 Å². The van der Waals surface area contributed by atoms with Crippen LogP contribution in [0.4, 0.5) is 8.78 Å². The molecule has 5 nitrogen and oxygen atoms in total. The summed E-state index contributed by atoms with van der Waals surface area (Å²) in [4.78, 5) is 8.06. The Morgan fingerprint density at radius 1 is 1.22 bits per heavy atom. The fourth-order valence-corrected chi connectivity index (χ4v) is 2.13. The van der Waals surface area contributed by atoms with Crippen LogP contribution < -0.4 is 4.74 Å². The van der Waals surface area contributed by atoms with Crippen molar-refractivity contribution in [1.82, 2.24) is 15.1 Å². The second-order valence-electron chi connectivity index (χ2n) is 4.67. The highest BCUT2D eigenvalue weighted by atomic mass is 35.5. The molecule has 0 radical (unpaired) electrons. The zero-order valence-electron chi connectivity index (χ0n) is 11.8. The molecule has 0 N–H and O–H groups in total. The van der Waals surface area contributed by atoms with Crippen LogP contribution in [0, 0.1) is 6.92 Å². The van der Waals surface area contributed by atoms with Crippen molar-refractivity contribution in [3.05, 3.63) is 52.9 Å². The largest absolute Gasteiger partial charge is 0.423 e. The van der Waals surface area contributed by atoms with Crippen molar-refractivity contribution >= 4 is 11.6 Å². The maximum Gasteiger partial charge on any atom is 0.321 e. The zero-order valence-corrected chi connectivity index (χ0v) is 12.6. The lowest BCUT2D eigenvalue weighted by Crippen LogP contribution is -1.94. The molecule has 0 aliphatic carbocycles. The molecule has 0 bridgehead atoms. The topological polar surface area (TPSA) is 61.0 Å². The third-order valence-corrected chi connectivity index (χ3v) is 3.25. The van der Waals surface area contributed by atoms with Crippen LogP contribution in [-0.4, -0.2) is 15.1 Å².